The van der Waals surface area contributed by atoms with Gasteiger partial charge in [-0.05, 0) is 20.3 Å². The first-order chi connectivity index (χ1) is 9.15. The Morgan fingerprint density at radius 2 is 1.79 bits per heavy atom. The van der Waals surface area contributed by atoms with E-state index in [2.05, 4.69) is 4.98 Å². The van der Waals surface area contributed by atoms with Crippen molar-refractivity contribution < 1.29 is 19.1 Å². The molecule has 1 rings (SSSR count). The summed E-state index contributed by atoms with van der Waals surface area (Å²) in [6, 6.07) is 0. The fourth-order valence-electron chi connectivity index (χ4n) is 1.77. The van der Waals surface area contributed by atoms with Gasteiger partial charge in [0.2, 0.25) is 5.92 Å². The van der Waals surface area contributed by atoms with Crippen LogP contribution in [-0.4, -0.2) is 34.7 Å². The molecule has 0 amide bonds. The zero-order chi connectivity index (χ0) is 14.3. The van der Waals surface area contributed by atoms with Crippen molar-refractivity contribution in [1.29, 1.82) is 0 Å². The number of esters is 2. The smallest absolute Gasteiger partial charge is 0.328 e. The minimum Gasteiger partial charge on any atom is -0.465 e. The number of nitrogens with zero attached hydrogens (tertiary/aromatic N) is 2. The summed E-state index contributed by atoms with van der Waals surface area (Å²) in [6.07, 6.45) is 4.18. The summed E-state index contributed by atoms with van der Waals surface area (Å²) in [5.74, 6) is -1.98. The van der Waals surface area contributed by atoms with Crippen LogP contribution in [0.2, 0.25) is 0 Å². The molecule has 0 aliphatic rings. The number of hydrogen-bond acceptors (Lipinski definition) is 5. The maximum atomic E-state index is 11.9. The summed E-state index contributed by atoms with van der Waals surface area (Å²) in [5, 5.41) is 0. The van der Waals surface area contributed by atoms with Crippen molar-refractivity contribution in [1.82, 2.24) is 9.55 Å². The Labute approximate surface area is 112 Å². The highest BCUT2D eigenvalue weighted by atomic mass is 16.6. The number of carbonyl (C=O) groups is 2. The predicted molar refractivity (Wildman–Crippen MR) is 68.5 cm³/mol. The van der Waals surface area contributed by atoms with Gasteiger partial charge in [-0.2, -0.15) is 0 Å². The number of aryl methyl sites for hydroxylation is 1. The Morgan fingerprint density at radius 1 is 1.21 bits per heavy atom. The molecule has 1 heterocycles. The highest BCUT2D eigenvalue weighted by molar-refractivity contribution is 6.00. The molecule has 19 heavy (non-hydrogen) atoms. The third kappa shape index (κ3) is 3.81. The van der Waals surface area contributed by atoms with Crippen molar-refractivity contribution >= 4 is 11.9 Å². The van der Waals surface area contributed by atoms with Gasteiger partial charge in [0.15, 0.2) is 0 Å². The summed E-state index contributed by atoms with van der Waals surface area (Å²) in [5.41, 5.74) is 0. The summed E-state index contributed by atoms with van der Waals surface area (Å²) in [6.45, 7) is 6.50. The second-order valence-corrected chi connectivity index (χ2v) is 3.92. The molecular formula is C13H20N2O4. The van der Waals surface area contributed by atoms with E-state index in [4.69, 9.17) is 9.47 Å². The van der Waals surface area contributed by atoms with Crippen molar-refractivity contribution in [3.63, 3.8) is 0 Å². The van der Waals surface area contributed by atoms with Gasteiger partial charge in [-0.25, -0.2) is 4.98 Å². The first-order valence-corrected chi connectivity index (χ1v) is 6.49. The van der Waals surface area contributed by atoms with E-state index in [1.54, 1.807) is 30.8 Å². The monoisotopic (exact) mass is 268 g/mol. The molecule has 0 fully saturated rings. The summed E-state index contributed by atoms with van der Waals surface area (Å²) < 4.78 is 11.6. The number of ether oxygens (including phenoxy) is 2. The van der Waals surface area contributed by atoms with Crippen molar-refractivity contribution in [2.45, 2.75) is 39.7 Å². The Kier molecular flexibility index (Phi) is 6.05. The van der Waals surface area contributed by atoms with Crippen LogP contribution in [0.1, 0.15) is 38.9 Å². The van der Waals surface area contributed by atoms with E-state index in [-0.39, 0.29) is 13.2 Å². The van der Waals surface area contributed by atoms with Gasteiger partial charge in [0.25, 0.3) is 0 Å². The molecule has 1 aromatic heterocycles. The number of imidazole rings is 1. The zero-order valence-corrected chi connectivity index (χ0v) is 11.6. The Balaban J connectivity index is 3.04. The molecule has 106 valence electrons. The molecular weight excluding hydrogens is 248 g/mol. The molecule has 0 aliphatic carbocycles. The molecule has 0 bridgehead atoms. The van der Waals surface area contributed by atoms with Gasteiger partial charge in [-0.15, -0.1) is 0 Å². The lowest BCUT2D eigenvalue weighted by molar-refractivity contribution is -0.157. The van der Waals surface area contributed by atoms with E-state index < -0.39 is 17.9 Å². The zero-order valence-electron chi connectivity index (χ0n) is 11.6. The standard InChI is InChI=1S/C13H20N2O4/c1-4-8-15-9-7-14-11(15)10(12(16)18-5-2)13(17)19-6-3/h7,9-10H,4-6,8H2,1-3H3. The van der Waals surface area contributed by atoms with Crippen LogP contribution in [-0.2, 0) is 25.6 Å². The first-order valence-electron chi connectivity index (χ1n) is 6.49. The highest BCUT2D eigenvalue weighted by Gasteiger charge is 2.35. The van der Waals surface area contributed by atoms with Crippen LogP contribution in [0.15, 0.2) is 12.4 Å². The van der Waals surface area contributed by atoms with Crippen molar-refractivity contribution in [2.24, 2.45) is 0 Å². The third-order valence-corrected chi connectivity index (χ3v) is 2.51. The summed E-state index contributed by atoms with van der Waals surface area (Å²) in [7, 11) is 0. The molecule has 6 heteroatoms. The summed E-state index contributed by atoms with van der Waals surface area (Å²) in [4.78, 5) is 28.0. The SMILES string of the molecule is CCCn1ccnc1C(C(=O)OCC)C(=O)OCC. The van der Waals surface area contributed by atoms with E-state index in [0.717, 1.165) is 6.42 Å². The van der Waals surface area contributed by atoms with E-state index in [1.807, 2.05) is 6.92 Å². The molecule has 6 nitrogen and oxygen atoms in total. The molecule has 0 N–H and O–H groups in total. The van der Waals surface area contributed by atoms with Crippen LogP contribution < -0.4 is 0 Å². The molecule has 0 spiro atoms. The van der Waals surface area contributed by atoms with E-state index in [9.17, 15) is 9.59 Å². The Bertz CT molecular complexity index is 410. The second-order valence-electron chi connectivity index (χ2n) is 3.92. The van der Waals surface area contributed by atoms with Crippen molar-refractivity contribution in [3.05, 3.63) is 18.2 Å². The van der Waals surface area contributed by atoms with Gasteiger partial charge in [0.05, 0.1) is 13.2 Å². The highest BCUT2D eigenvalue weighted by Crippen LogP contribution is 2.18. The van der Waals surface area contributed by atoms with Gasteiger partial charge in [0.1, 0.15) is 5.82 Å². The van der Waals surface area contributed by atoms with E-state index in [1.165, 1.54) is 0 Å². The fourth-order valence-corrected chi connectivity index (χ4v) is 1.77. The third-order valence-electron chi connectivity index (χ3n) is 2.51. The fraction of sp³-hybridized carbons (Fsp3) is 0.615. The lowest BCUT2D eigenvalue weighted by Crippen LogP contribution is -2.29. The van der Waals surface area contributed by atoms with Crippen LogP contribution in [0.5, 0.6) is 0 Å². The van der Waals surface area contributed by atoms with Crippen molar-refractivity contribution in [3.8, 4) is 0 Å². The maximum absolute atomic E-state index is 11.9. The number of hydrogen-bond donors (Lipinski definition) is 0. The van der Waals surface area contributed by atoms with Gasteiger partial charge in [0, 0.05) is 18.9 Å². The van der Waals surface area contributed by atoms with Crippen molar-refractivity contribution in [2.75, 3.05) is 13.2 Å². The second kappa shape index (κ2) is 7.56. The Hall–Kier alpha value is -1.85. The topological polar surface area (TPSA) is 70.4 Å². The van der Waals surface area contributed by atoms with Crippen LogP contribution in [0, 0.1) is 0 Å². The largest absolute Gasteiger partial charge is 0.465 e. The van der Waals surface area contributed by atoms with E-state index in [0.29, 0.717) is 12.4 Å². The van der Waals surface area contributed by atoms with Gasteiger partial charge in [-0.1, -0.05) is 6.92 Å². The van der Waals surface area contributed by atoms with Gasteiger partial charge in [-0.3, -0.25) is 9.59 Å². The Morgan fingerprint density at radius 3 is 2.26 bits per heavy atom. The van der Waals surface area contributed by atoms with Gasteiger partial charge < -0.3 is 14.0 Å². The van der Waals surface area contributed by atoms with Crippen LogP contribution in [0.4, 0.5) is 0 Å². The van der Waals surface area contributed by atoms with E-state index >= 15 is 0 Å². The lowest BCUT2D eigenvalue weighted by atomic mass is 10.1. The molecule has 0 aromatic carbocycles. The average Bonchev–Trinajstić information content (AvgIpc) is 2.79. The van der Waals surface area contributed by atoms with Crippen LogP contribution in [0.3, 0.4) is 0 Å². The first kappa shape index (κ1) is 15.2. The van der Waals surface area contributed by atoms with Crippen LogP contribution in [0.25, 0.3) is 0 Å². The minimum atomic E-state index is -1.11. The number of rotatable bonds is 7. The molecule has 0 atom stereocenters. The molecule has 0 radical (unpaired) electrons. The lowest BCUT2D eigenvalue weighted by Gasteiger charge is -2.15. The number of carbonyl (C=O) groups excluding carboxylic acids is 2. The average molecular weight is 268 g/mol. The molecule has 0 saturated carbocycles. The molecule has 1 aromatic rings. The van der Waals surface area contributed by atoms with Crippen LogP contribution >= 0.6 is 0 Å². The maximum Gasteiger partial charge on any atom is 0.328 e. The quantitative estimate of drug-likeness (QED) is 0.553. The van der Waals surface area contributed by atoms with Gasteiger partial charge >= 0.3 is 11.9 Å². The minimum absolute atomic E-state index is 0.212. The normalized spacial score (nSPS) is 10.5. The summed E-state index contributed by atoms with van der Waals surface area (Å²) >= 11 is 0. The molecule has 0 aliphatic heterocycles. The predicted octanol–water partition coefficient (Wildman–Crippen LogP) is 1.50. The molecule has 0 saturated heterocycles. The number of aromatic nitrogens is 2. The molecule has 0 unspecified atom stereocenters.